The summed E-state index contributed by atoms with van der Waals surface area (Å²) in [6.45, 7) is 2.52. The van der Waals surface area contributed by atoms with E-state index < -0.39 is 12.1 Å². The Bertz CT molecular complexity index is 445. The predicted molar refractivity (Wildman–Crippen MR) is 66.1 cm³/mol. The number of aliphatic carboxylic acids is 1. The molecule has 0 unspecified atom stereocenters. The van der Waals surface area contributed by atoms with Crippen LogP contribution in [0.4, 0.5) is 13.2 Å². The topological polar surface area (TPSA) is 56.7 Å². The molecule has 1 fully saturated rings. The second-order valence-electron chi connectivity index (χ2n) is 4.48. The molecule has 0 aliphatic carbocycles. The van der Waals surface area contributed by atoms with E-state index in [0.29, 0.717) is 0 Å². The lowest BCUT2D eigenvalue weighted by atomic mass is 9.90. The van der Waals surface area contributed by atoms with Crippen molar-refractivity contribution in [1.82, 2.24) is 0 Å². The van der Waals surface area contributed by atoms with Crippen LogP contribution in [0.2, 0.25) is 5.02 Å². The summed E-state index contributed by atoms with van der Waals surface area (Å²) in [6.07, 6.45) is -2.61. The number of hydrogen-bond acceptors (Lipinski definition) is 2. The molecule has 0 spiro atoms. The zero-order valence-electron chi connectivity index (χ0n) is 10.6. The van der Waals surface area contributed by atoms with Crippen LogP contribution in [0.15, 0.2) is 24.3 Å². The van der Waals surface area contributed by atoms with Crippen LogP contribution in [-0.4, -0.2) is 25.2 Å². The van der Waals surface area contributed by atoms with Crippen LogP contribution in [0.25, 0.3) is 0 Å². The van der Waals surface area contributed by atoms with Crippen LogP contribution in [0.1, 0.15) is 24.3 Å². The molecule has 1 heterocycles. The second-order valence-corrected chi connectivity index (χ2v) is 4.92. The van der Waals surface area contributed by atoms with E-state index in [9.17, 15) is 13.2 Å². The van der Waals surface area contributed by atoms with Gasteiger partial charge < -0.3 is 15.2 Å². The Morgan fingerprint density at radius 1 is 1.30 bits per heavy atom. The normalized spacial score (nSPS) is 16.2. The third-order valence-electron chi connectivity index (χ3n) is 2.99. The molecule has 0 radical (unpaired) electrons. The molecule has 3 nitrogen and oxygen atoms in total. The van der Waals surface area contributed by atoms with E-state index >= 15 is 0 Å². The number of carboxylic acid groups (broad SMARTS) is 1. The van der Waals surface area contributed by atoms with Crippen molar-refractivity contribution in [3.8, 4) is 0 Å². The van der Waals surface area contributed by atoms with E-state index in [1.807, 2.05) is 6.07 Å². The van der Waals surface area contributed by atoms with Gasteiger partial charge in [0.25, 0.3) is 0 Å². The molecule has 1 aromatic carbocycles. The number of nitrogens with two attached hydrogens (primary N) is 1. The molecule has 7 heteroatoms. The van der Waals surface area contributed by atoms with E-state index in [4.69, 9.17) is 21.5 Å². The molecule has 0 atom stereocenters. The fraction of sp³-hybridized carbons (Fsp3) is 0.462. The van der Waals surface area contributed by atoms with Crippen LogP contribution in [0.5, 0.6) is 0 Å². The molecule has 1 aliphatic rings. The Hall–Kier alpha value is -1.27. The van der Waals surface area contributed by atoms with Crippen molar-refractivity contribution >= 4 is 17.6 Å². The first kappa shape index (κ1) is 16.8. The van der Waals surface area contributed by atoms with Gasteiger partial charge >= 0.3 is 6.18 Å². The van der Waals surface area contributed by atoms with Gasteiger partial charge in [-0.2, -0.15) is 13.2 Å². The maximum Gasteiger partial charge on any atom is 0.430 e. The number of carbonyl (C=O) groups excluding carboxylic acids is 1. The molecule has 0 saturated carbocycles. The lowest BCUT2D eigenvalue weighted by molar-refractivity contribution is -0.663. The Balaban J connectivity index is 0.000000246. The number of benzene rings is 1. The number of rotatable bonds is 1. The molecule has 2 rings (SSSR count). The summed E-state index contributed by atoms with van der Waals surface area (Å²) in [5.74, 6) is -2.27. The Morgan fingerprint density at radius 3 is 2.30 bits per heavy atom. The summed E-state index contributed by atoms with van der Waals surface area (Å²) >= 11 is 5.96. The molecule has 1 aliphatic heterocycles. The summed E-state index contributed by atoms with van der Waals surface area (Å²) in [5, 5.41) is 12.0. The molecule has 20 heavy (non-hydrogen) atoms. The fourth-order valence-corrected chi connectivity index (χ4v) is 2.22. The standard InChI is InChI=1S/C11H14ClN.C2HF3O2/c12-11-3-1-2-10(8-11)9-4-6-13-7-5-9;3-2(4,5)1(6)7/h1-3,8-9,13H,4-7H2;(H,6,7). The summed E-state index contributed by atoms with van der Waals surface area (Å²) < 4.78 is 31.5. The van der Waals surface area contributed by atoms with E-state index in [1.165, 1.54) is 31.5 Å². The quantitative estimate of drug-likeness (QED) is 0.844. The minimum atomic E-state index is -5.19. The van der Waals surface area contributed by atoms with Gasteiger partial charge in [0.15, 0.2) is 0 Å². The number of carbonyl (C=O) groups is 1. The molecule has 0 aromatic heterocycles. The van der Waals surface area contributed by atoms with Gasteiger partial charge in [-0.3, -0.25) is 0 Å². The fourth-order valence-electron chi connectivity index (χ4n) is 2.02. The maximum atomic E-state index is 10.5. The highest BCUT2D eigenvalue weighted by Gasteiger charge is 2.28. The lowest BCUT2D eigenvalue weighted by Gasteiger charge is -2.20. The van der Waals surface area contributed by atoms with Gasteiger partial charge in [0.1, 0.15) is 5.97 Å². The number of carboxylic acids is 1. The van der Waals surface area contributed by atoms with Crippen LogP contribution < -0.4 is 10.4 Å². The summed E-state index contributed by atoms with van der Waals surface area (Å²) in [6, 6.07) is 8.30. The highest BCUT2D eigenvalue weighted by atomic mass is 35.5. The monoisotopic (exact) mass is 309 g/mol. The van der Waals surface area contributed by atoms with E-state index in [0.717, 1.165) is 10.9 Å². The van der Waals surface area contributed by atoms with Crippen molar-refractivity contribution in [2.45, 2.75) is 24.9 Å². The van der Waals surface area contributed by atoms with Crippen molar-refractivity contribution in [3.63, 3.8) is 0 Å². The van der Waals surface area contributed by atoms with Gasteiger partial charge in [-0.15, -0.1) is 0 Å². The largest absolute Gasteiger partial charge is 0.542 e. The molecule has 2 N–H and O–H groups in total. The molecule has 0 bridgehead atoms. The van der Waals surface area contributed by atoms with Gasteiger partial charge in [0, 0.05) is 17.9 Å². The molecule has 1 saturated heterocycles. The van der Waals surface area contributed by atoms with E-state index in [-0.39, 0.29) is 0 Å². The van der Waals surface area contributed by atoms with Crippen molar-refractivity contribution in [1.29, 1.82) is 0 Å². The summed E-state index contributed by atoms with van der Waals surface area (Å²) in [5.41, 5.74) is 1.42. The average Bonchev–Trinajstić information content (AvgIpc) is 2.39. The van der Waals surface area contributed by atoms with E-state index in [1.54, 1.807) is 0 Å². The second kappa shape index (κ2) is 7.50. The van der Waals surface area contributed by atoms with Crippen LogP contribution in [0.3, 0.4) is 0 Å². The van der Waals surface area contributed by atoms with Crippen molar-refractivity contribution < 1.29 is 28.4 Å². The Labute approximate surface area is 119 Å². The third-order valence-corrected chi connectivity index (χ3v) is 3.23. The minimum absolute atomic E-state index is 0.740. The summed E-state index contributed by atoms with van der Waals surface area (Å²) in [4.78, 5) is 8.78. The predicted octanol–water partition coefficient (Wildman–Crippen LogP) is 1.08. The van der Waals surface area contributed by atoms with Crippen LogP contribution in [-0.2, 0) is 4.79 Å². The zero-order chi connectivity index (χ0) is 15.2. The maximum absolute atomic E-state index is 10.5. The number of halogens is 4. The average molecular weight is 310 g/mol. The highest BCUT2D eigenvalue weighted by molar-refractivity contribution is 6.30. The molecule has 0 amide bonds. The third kappa shape index (κ3) is 5.79. The van der Waals surface area contributed by atoms with E-state index in [2.05, 4.69) is 23.5 Å². The minimum Gasteiger partial charge on any atom is -0.542 e. The molecule has 112 valence electrons. The van der Waals surface area contributed by atoms with Gasteiger partial charge in [-0.05, 0) is 23.6 Å². The highest BCUT2D eigenvalue weighted by Crippen LogP contribution is 2.25. The number of hydrogen-bond donors (Lipinski definition) is 1. The Morgan fingerprint density at radius 2 is 1.85 bits per heavy atom. The van der Waals surface area contributed by atoms with Crippen molar-refractivity contribution in [2.24, 2.45) is 0 Å². The van der Waals surface area contributed by atoms with Gasteiger partial charge in [-0.1, -0.05) is 23.7 Å². The van der Waals surface area contributed by atoms with Crippen molar-refractivity contribution in [3.05, 3.63) is 34.9 Å². The van der Waals surface area contributed by atoms with Crippen LogP contribution >= 0.6 is 11.6 Å². The van der Waals surface area contributed by atoms with Crippen LogP contribution in [0, 0.1) is 0 Å². The first-order chi connectivity index (χ1) is 9.30. The number of piperidine rings is 1. The van der Waals surface area contributed by atoms with Crippen molar-refractivity contribution in [2.75, 3.05) is 13.1 Å². The molecule has 1 aromatic rings. The molecular weight excluding hydrogens is 295 g/mol. The lowest BCUT2D eigenvalue weighted by Crippen LogP contribution is -2.86. The first-order valence-electron chi connectivity index (χ1n) is 6.16. The number of alkyl halides is 3. The van der Waals surface area contributed by atoms with Gasteiger partial charge in [0.05, 0.1) is 13.1 Å². The van der Waals surface area contributed by atoms with Gasteiger partial charge in [-0.25, -0.2) is 0 Å². The number of quaternary nitrogens is 1. The summed E-state index contributed by atoms with van der Waals surface area (Å²) in [7, 11) is 0. The zero-order valence-corrected chi connectivity index (χ0v) is 11.4. The Kier molecular flexibility index (Phi) is 6.29. The first-order valence-corrected chi connectivity index (χ1v) is 6.54. The molecular formula is C13H15ClF3NO2. The SMILES string of the molecule is Clc1cccc(C2CC[NH2+]CC2)c1.O=C([O-])C(F)(F)F. The van der Waals surface area contributed by atoms with Gasteiger partial charge in [0.2, 0.25) is 0 Å². The smallest absolute Gasteiger partial charge is 0.430 e.